The first-order valence-corrected chi connectivity index (χ1v) is 10.7. The smallest absolute Gasteiger partial charge is 0.277 e. The molecule has 0 bridgehead atoms. The second kappa shape index (κ2) is 9.26. The van der Waals surface area contributed by atoms with E-state index in [1.165, 1.54) is 17.3 Å². The maximum atomic E-state index is 12.4. The monoisotopic (exact) mass is 423 g/mol. The fraction of sp³-hybridized carbons (Fsp3) is 0.304. The highest BCUT2D eigenvalue weighted by Crippen LogP contribution is 2.27. The Morgan fingerprint density at radius 3 is 2.27 bits per heavy atom. The number of nitrogens with one attached hydrogen (secondary N) is 1. The Hall–Kier alpha value is -2.93. The van der Waals surface area contributed by atoms with Crippen LogP contribution in [0.3, 0.4) is 0 Å². The number of hydrogen-bond donors (Lipinski definition) is 1. The van der Waals surface area contributed by atoms with Crippen LogP contribution in [-0.4, -0.2) is 27.6 Å². The van der Waals surface area contributed by atoms with Gasteiger partial charge in [0.15, 0.2) is 5.78 Å². The molecule has 2 aromatic carbocycles. The van der Waals surface area contributed by atoms with E-state index in [2.05, 4.69) is 48.4 Å². The number of anilines is 1. The number of Topliss-reactive ketones (excluding diaryl/α,β-unsaturated/α-hetero) is 1. The van der Waals surface area contributed by atoms with E-state index in [4.69, 9.17) is 4.42 Å². The average molecular weight is 424 g/mol. The summed E-state index contributed by atoms with van der Waals surface area (Å²) in [6.07, 6.45) is 0.407. The summed E-state index contributed by atoms with van der Waals surface area (Å²) >= 11 is 1.21. The number of thioether (sulfide) groups is 1. The lowest BCUT2D eigenvalue weighted by atomic mass is 9.87. The first-order valence-electron chi connectivity index (χ1n) is 9.76. The summed E-state index contributed by atoms with van der Waals surface area (Å²) in [7, 11) is 0. The molecule has 0 saturated heterocycles. The van der Waals surface area contributed by atoms with Crippen molar-refractivity contribution in [3.05, 3.63) is 59.7 Å². The lowest BCUT2D eigenvalue weighted by Crippen LogP contribution is -2.10. The van der Waals surface area contributed by atoms with Gasteiger partial charge in [-0.1, -0.05) is 51.6 Å². The fourth-order valence-corrected chi connectivity index (χ4v) is 3.35. The molecule has 6 nitrogen and oxygen atoms in total. The molecule has 7 heteroatoms. The number of carbonyl (C=O) groups is 2. The lowest BCUT2D eigenvalue weighted by molar-refractivity contribution is -0.115. The standard InChI is InChI=1S/C23H25N3O3S/c1-5-20(28)24-18-12-8-15(9-13-18)19(27)14-30-22-26-25-21(29-22)16-6-10-17(11-7-16)23(2,3)4/h6-13H,5,14H2,1-4H3,(H,24,28). The van der Waals surface area contributed by atoms with E-state index in [-0.39, 0.29) is 22.9 Å². The Kier molecular flexibility index (Phi) is 6.72. The van der Waals surface area contributed by atoms with Gasteiger partial charge in [0.25, 0.3) is 5.22 Å². The zero-order chi connectivity index (χ0) is 21.7. The number of nitrogens with zero attached hydrogens (tertiary/aromatic N) is 2. The van der Waals surface area contributed by atoms with Crippen molar-refractivity contribution in [3.8, 4) is 11.5 Å². The number of rotatable bonds is 7. The zero-order valence-corrected chi connectivity index (χ0v) is 18.4. The normalized spacial score (nSPS) is 11.3. The van der Waals surface area contributed by atoms with E-state index in [1.54, 1.807) is 31.2 Å². The predicted molar refractivity (Wildman–Crippen MR) is 119 cm³/mol. The predicted octanol–water partition coefficient (Wildman–Crippen LogP) is 5.36. The van der Waals surface area contributed by atoms with Gasteiger partial charge < -0.3 is 9.73 Å². The van der Waals surface area contributed by atoms with Crippen LogP contribution in [0.5, 0.6) is 0 Å². The van der Waals surface area contributed by atoms with Gasteiger partial charge in [0.1, 0.15) is 0 Å². The molecule has 3 aromatic rings. The largest absolute Gasteiger partial charge is 0.411 e. The van der Waals surface area contributed by atoms with E-state index in [9.17, 15) is 9.59 Å². The molecule has 0 radical (unpaired) electrons. The Morgan fingerprint density at radius 2 is 1.67 bits per heavy atom. The molecule has 1 aromatic heterocycles. The molecule has 0 aliphatic carbocycles. The van der Waals surface area contributed by atoms with Crippen molar-refractivity contribution < 1.29 is 14.0 Å². The summed E-state index contributed by atoms with van der Waals surface area (Å²) in [6.45, 7) is 8.27. The third-order valence-corrected chi connectivity index (χ3v) is 5.36. The molecular weight excluding hydrogens is 398 g/mol. The Morgan fingerprint density at radius 1 is 1.00 bits per heavy atom. The topological polar surface area (TPSA) is 85.1 Å². The molecule has 3 rings (SSSR count). The molecule has 1 heterocycles. The van der Waals surface area contributed by atoms with Crippen molar-refractivity contribution in [2.75, 3.05) is 11.1 Å². The highest BCUT2D eigenvalue weighted by molar-refractivity contribution is 7.99. The van der Waals surface area contributed by atoms with Gasteiger partial charge in [0.05, 0.1) is 5.75 Å². The van der Waals surface area contributed by atoms with Gasteiger partial charge in [0.2, 0.25) is 11.8 Å². The molecule has 0 fully saturated rings. The molecule has 0 spiro atoms. The van der Waals surface area contributed by atoms with Crippen molar-refractivity contribution in [3.63, 3.8) is 0 Å². The van der Waals surface area contributed by atoms with Gasteiger partial charge >= 0.3 is 0 Å². The van der Waals surface area contributed by atoms with E-state index < -0.39 is 0 Å². The van der Waals surface area contributed by atoms with Crippen LogP contribution < -0.4 is 5.32 Å². The van der Waals surface area contributed by atoms with Crippen molar-refractivity contribution >= 4 is 29.1 Å². The molecule has 0 aliphatic heterocycles. The molecular formula is C23H25N3O3S. The number of aromatic nitrogens is 2. The zero-order valence-electron chi connectivity index (χ0n) is 17.6. The van der Waals surface area contributed by atoms with Crippen molar-refractivity contribution in [1.29, 1.82) is 0 Å². The van der Waals surface area contributed by atoms with Gasteiger partial charge in [-0.15, -0.1) is 10.2 Å². The van der Waals surface area contributed by atoms with E-state index in [1.807, 2.05) is 12.1 Å². The van der Waals surface area contributed by atoms with Gasteiger partial charge in [-0.3, -0.25) is 9.59 Å². The number of hydrogen-bond acceptors (Lipinski definition) is 6. The summed E-state index contributed by atoms with van der Waals surface area (Å²) in [6, 6.07) is 14.9. The second-order valence-corrected chi connectivity index (χ2v) is 8.82. The molecule has 0 unspecified atom stereocenters. The summed E-state index contributed by atoms with van der Waals surface area (Å²) in [5, 5.41) is 11.2. The summed E-state index contributed by atoms with van der Waals surface area (Å²) in [5.74, 6) is 0.500. The highest BCUT2D eigenvalue weighted by Gasteiger charge is 2.16. The number of carbonyl (C=O) groups excluding carboxylic acids is 2. The Bertz CT molecular complexity index is 1020. The molecule has 30 heavy (non-hydrogen) atoms. The van der Waals surface area contributed by atoms with Crippen LogP contribution in [-0.2, 0) is 10.2 Å². The minimum atomic E-state index is -0.0649. The minimum Gasteiger partial charge on any atom is -0.411 e. The summed E-state index contributed by atoms with van der Waals surface area (Å²) in [4.78, 5) is 23.8. The van der Waals surface area contributed by atoms with Crippen LogP contribution in [0.15, 0.2) is 58.2 Å². The van der Waals surface area contributed by atoms with Crippen LogP contribution in [0.25, 0.3) is 11.5 Å². The van der Waals surface area contributed by atoms with Crippen molar-refractivity contribution in [1.82, 2.24) is 10.2 Å². The molecule has 0 saturated carbocycles. The van der Waals surface area contributed by atoms with Gasteiger partial charge in [-0.25, -0.2) is 0 Å². The summed E-state index contributed by atoms with van der Waals surface area (Å²) in [5.41, 5.74) is 3.39. The van der Waals surface area contributed by atoms with Gasteiger partial charge in [-0.2, -0.15) is 0 Å². The van der Waals surface area contributed by atoms with Gasteiger partial charge in [-0.05, 0) is 47.4 Å². The quantitative estimate of drug-likeness (QED) is 0.407. The summed E-state index contributed by atoms with van der Waals surface area (Å²) < 4.78 is 5.70. The first kappa shape index (κ1) is 21.8. The number of benzene rings is 2. The van der Waals surface area contributed by atoms with Crippen LogP contribution in [0, 0.1) is 0 Å². The number of ketones is 1. The van der Waals surface area contributed by atoms with Crippen molar-refractivity contribution in [2.24, 2.45) is 0 Å². The van der Waals surface area contributed by atoms with E-state index in [0.29, 0.717) is 28.8 Å². The Labute approximate surface area is 180 Å². The minimum absolute atomic E-state index is 0.0531. The fourth-order valence-electron chi connectivity index (χ4n) is 2.70. The molecule has 156 valence electrons. The molecule has 0 aliphatic rings. The lowest BCUT2D eigenvalue weighted by Gasteiger charge is -2.18. The van der Waals surface area contributed by atoms with Crippen LogP contribution in [0.4, 0.5) is 5.69 Å². The van der Waals surface area contributed by atoms with E-state index in [0.717, 1.165) is 5.56 Å². The third-order valence-electron chi connectivity index (χ3n) is 4.54. The Balaban J connectivity index is 1.58. The maximum absolute atomic E-state index is 12.4. The maximum Gasteiger partial charge on any atom is 0.277 e. The van der Waals surface area contributed by atoms with Crippen molar-refractivity contribution in [2.45, 2.75) is 44.8 Å². The molecule has 0 atom stereocenters. The second-order valence-electron chi connectivity index (χ2n) is 7.89. The third kappa shape index (κ3) is 5.57. The average Bonchev–Trinajstić information content (AvgIpc) is 3.21. The molecule has 1 amide bonds. The number of amides is 1. The first-order chi connectivity index (χ1) is 14.3. The molecule has 1 N–H and O–H groups in total. The van der Waals surface area contributed by atoms with Crippen LogP contribution in [0.2, 0.25) is 0 Å². The van der Waals surface area contributed by atoms with Crippen LogP contribution in [0.1, 0.15) is 50.0 Å². The van der Waals surface area contributed by atoms with E-state index >= 15 is 0 Å². The van der Waals surface area contributed by atoms with Gasteiger partial charge in [0, 0.05) is 23.2 Å². The highest BCUT2D eigenvalue weighted by atomic mass is 32.2. The SMILES string of the molecule is CCC(=O)Nc1ccc(C(=O)CSc2nnc(-c3ccc(C(C)(C)C)cc3)o2)cc1. The van der Waals surface area contributed by atoms with Crippen LogP contribution >= 0.6 is 11.8 Å².